The Morgan fingerprint density at radius 1 is 0.765 bits per heavy atom. The first-order valence-electron chi connectivity index (χ1n) is 5.98. The number of hydrogen-bond donors (Lipinski definition) is 1. The monoisotopic (exact) mass is 225 g/mol. The van der Waals surface area contributed by atoms with Gasteiger partial charge in [-0.3, -0.25) is 0 Å². The maximum Gasteiger partial charge on any atom is 0.0416 e. The molecule has 0 aliphatic carbocycles. The lowest BCUT2D eigenvalue weighted by atomic mass is 10.1. The van der Waals surface area contributed by atoms with Crippen LogP contribution in [0.5, 0.6) is 0 Å². The lowest BCUT2D eigenvalue weighted by Crippen LogP contribution is -1.95. The second kappa shape index (κ2) is 4.62. The van der Waals surface area contributed by atoms with E-state index in [-0.39, 0.29) is 0 Å². The summed E-state index contributed by atoms with van der Waals surface area (Å²) in [6.45, 7) is 8.57. The summed E-state index contributed by atoms with van der Waals surface area (Å²) < 4.78 is 0. The predicted octanol–water partition coefficient (Wildman–Crippen LogP) is 4.66. The Balaban J connectivity index is 2.31. The van der Waals surface area contributed by atoms with Crippen LogP contribution in [0.3, 0.4) is 0 Å². The second-order valence-corrected chi connectivity index (χ2v) is 4.67. The van der Waals surface area contributed by atoms with Gasteiger partial charge in [-0.15, -0.1) is 0 Å². The molecule has 0 aliphatic rings. The van der Waals surface area contributed by atoms with Gasteiger partial charge in [0.05, 0.1) is 0 Å². The van der Waals surface area contributed by atoms with Crippen LogP contribution in [0, 0.1) is 27.7 Å². The SMILES string of the molecule is Cc1ccc(Nc2cccc(C)c2C)cc1C. The largest absolute Gasteiger partial charge is 0.355 e. The molecular formula is C16H19N. The van der Waals surface area contributed by atoms with Crippen LogP contribution in [-0.2, 0) is 0 Å². The molecule has 17 heavy (non-hydrogen) atoms. The van der Waals surface area contributed by atoms with Gasteiger partial charge in [-0.05, 0) is 68.1 Å². The highest BCUT2D eigenvalue weighted by atomic mass is 14.9. The maximum absolute atomic E-state index is 3.48. The third kappa shape index (κ3) is 2.50. The topological polar surface area (TPSA) is 12.0 Å². The molecule has 1 nitrogen and oxygen atoms in total. The van der Waals surface area contributed by atoms with E-state index in [4.69, 9.17) is 0 Å². The molecule has 2 rings (SSSR count). The van der Waals surface area contributed by atoms with Gasteiger partial charge in [0, 0.05) is 11.4 Å². The molecule has 0 spiro atoms. The Morgan fingerprint density at radius 2 is 1.53 bits per heavy atom. The van der Waals surface area contributed by atoms with E-state index in [0.717, 1.165) is 5.69 Å². The van der Waals surface area contributed by atoms with E-state index >= 15 is 0 Å². The second-order valence-electron chi connectivity index (χ2n) is 4.67. The van der Waals surface area contributed by atoms with Crippen LogP contribution in [0.1, 0.15) is 22.3 Å². The Hall–Kier alpha value is -1.76. The van der Waals surface area contributed by atoms with Crippen molar-refractivity contribution in [3.8, 4) is 0 Å². The van der Waals surface area contributed by atoms with Crippen molar-refractivity contribution in [3.05, 3.63) is 58.7 Å². The van der Waals surface area contributed by atoms with E-state index in [1.165, 1.54) is 27.9 Å². The number of hydrogen-bond acceptors (Lipinski definition) is 1. The van der Waals surface area contributed by atoms with Crippen LogP contribution in [-0.4, -0.2) is 0 Å². The van der Waals surface area contributed by atoms with Crippen LogP contribution in [0.15, 0.2) is 36.4 Å². The van der Waals surface area contributed by atoms with Gasteiger partial charge in [-0.1, -0.05) is 18.2 Å². The fraction of sp³-hybridized carbons (Fsp3) is 0.250. The number of aryl methyl sites for hydroxylation is 3. The van der Waals surface area contributed by atoms with Gasteiger partial charge in [0.25, 0.3) is 0 Å². The Kier molecular flexibility index (Phi) is 3.19. The zero-order valence-electron chi connectivity index (χ0n) is 11.0. The molecule has 0 saturated heterocycles. The average Bonchev–Trinajstić information content (AvgIpc) is 2.30. The minimum atomic E-state index is 1.15. The van der Waals surface area contributed by atoms with E-state index < -0.39 is 0 Å². The van der Waals surface area contributed by atoms with Crippen LogP contribution in [0.4, 0.5) is 11.4 Å². The summed E-state index contributed by atoms with van der Waals surface area (Å²) in [5.41, 5.74) is 7.62. The summed E-state index contributed by atoms with van der Waals surface area (Å²) in [4.78, 5) is 0. The molecule has 1 N–H and O–H groups in total. The maximum atomic E-state index is 3.48. The van der Waals surface area contributed by atoms with E-state index in [1.807, 2.05) is 0 Å². The van der Waals surface area contributed by atoms with Crippen molar-refractivity contribution < 1.29 is 0 Å². The molecule has 0 heterocycles. The smallest absolute Gasteiger partial charge is 0.0416 e. The molecule has 2 aromatic rings. The molecule has 88 valence electrons. The van der Waals surface area contributed by atoms with E-state index in [1.54, 1.807) is 0 Å². The van der Waals surface area contributed by atoms with Crippen molar-refractivity contribution in [2.45, 2.75) is 27.7 Å². The van der Waals surface area contributed by atoms with Gasteiger partial charge >= 0.3 is 0 Å². The molecule has 0 fully saturated rings. The first kappa shape index (κ1) is 11.7. The Labute approximate surface area is 103 Å². The molecule has 0 atom stereocenters. The van der Waals surface area contributed by atoms with Gasteiger partial charge < -0.3 is 5.32 Å². The highest BCUT2D eigenvalue weighted by Gasteiger charge is 2.01. The summed E-state index contributed by atoms with van der Waals surface area (Å²) in [5.74, 6) is 0. The minimum Gasteiger partial charge on any atom is -0.355 e. The van der Waals surface area contributed by atoms with Gasteiger partial charge in [0.2, 0.25) is 0 Å². The molecule has 0 saturated carbocycles. The molecule has 1 heteroatoms. The van der Waals surface area contributed by atoms with Gasteiger partial charge in [-0.25, -0.2) is 0 Å². The van der Waals surface area contributed by atoms with Gasteiger partial charge in [0.15, 0.2) is 0 Å². The van der Waals surface area contributed by atoms with Crippen molar-refractivity contribution in [1.82, 2.24) is 0 Å². The zero-order valence-corrected chi connectivity index (χ0v) is 11.0. The number of anilines is 2. The van der Waals surface area contributed by atoms with Crippen molar-refractivity contribution in [1.29, 1.82) is 0 Å². The fourth-order valence-electron chi connectivity index (χ4n) is 1.86. The standard InChI is InChI=1S/C16H19N/c1-11-8-9-15(10-13(11)3)17-16-7-5-6-12(2)14(16)4/h5-10,17H,1-4H3. The minimum absolute atomic E-state index is 1.15. The molecule has 0 unspecified atom stereocenters. The van der Waals surface area contributed by atoms with Crippen molar-refractivity contribution in [2.75, 3.05) is 5.32 Å². The molecule has 0 bridgehead atoms. The van der Waals surface area contributed by atoms with E-state index in [0.29, 0.717) is 0 Å². The molecule has 0 aromatic heterocycles. The van der Waals surface area contributed by atoms with Crippen molar-refractivity contribution >= 4 is 11.4 Å². The number of benzene rings is 2. The molecule has 0 aliphatic heterocycles. The normalized spacial score (nSPS) is 10.4. The first-order valence-corrected chi connectivity index (χ1v) is 5.98. The molecular weight excluding hydrogens is 206 g/mol. The zero-order chi connectivity index (χ0) is 12.4. The average molecular weight is 225 g/mol. The first-order chi connectivity index (χ1) is 8.08. The fourth-order valence-corrected chi connectivity index (χ4v) is 1.86. The lowest BCUT2D eigenvalue weighted by molar-refractivity contribution is 1.31. The van der Waals surface area contributed by atoms with E-state index in [9.17, 15) is 0 Å². The quantitative estimate of drug-likeness (QED) is 0.783. The molecule has 0 amide bonds. The highest BCUT2D eigenvalue weighted by molar-refractivity contribution is 5.65. The summed E-state index contributed by atoms with van der Waals surface area (Å²) in [7, 11) is 0. The van der Waals surface area contributed by atoms with Crippen LogP contribution < -0.4 is 5.32 Å². The van der Waals surface area contributed by atoms with Crippen LogP contribution in [0.2, 0.25) is 0 Å². The third-order valence-electron chi connectivity index (χ3n) is 3.39. The molecule has 0 radical (unpaired) electrons. The number of nitrogens with one attached hydrogen (secondary N) is 1. The van der Waals surface area contributed by atoms with E-state index in [2.05, 4.69) is 69.4 Å². The summed E-state index contributed by atoms with van der Waals surface area (Å²) in [6.07, 6.45) is 0. The highest BCUT2D eigenvalue weighted by Crippen LogP contribution is 2.24. The molecule has 2 aromatic carbocycles. The third-order valence-corrected chi connectivity index (χ3v) is 3.39. The van der Waals surface area contributed by atoms with Crippen LogP contribution >= 0.6 is 0 Å². The van der Waals surface area contributed by atoms with Crippen molar-refractivity contribution in [2.24, 2.45) is 0 Å². The Bertz CT molecular complexity index is 541. The number of rotatable bonds is 2. The lowest BCUT2D eigenvalue weighted by Gasteiger charge is -2.12. The van der Waals surface area contributed by atoms with Gasteiger partial charge in [-0.2, -0.15) is 0 Å². The van der Waals surface area contributed by atoms with Gasteiger partial charge in [0.1, 0.15) is 0 Å². The summed E-state index contributed by atoms with van der Waals surface area (Å²) >= 11 is 0. The predicted molar refractivity (Wildman–Crippen MR) is 75.1 cm³/mol. The van der Waals surface area contributed by atoms with Crippen molar-refractivity contribution in [3.63, 3.8) is 0 Å². The van der Waals surface area contributed by atoms with Crippen LogP contribution in [0.25, 0.3) is 0 Å². The summed E-state index contributed by atoms with van der Waals surface area (Å²) in [5, 5.41) is 3.48. The summed E-state index contributed by atoms with van der Waals surface area (Å²) in [6, 6.07) is 12.8. The Morgan fingerprint density at radius 3 is 2.24 bits per heavy atom.